The molecule has 1 aromatic carbocycles. The molecular weight excluding hydrogens is 300 g/mol. The molecule has 22 heavy (non-hydrogen) atoms. The molecule has 0 aliphatic rings. The molecular formula is C16H18N2O3S. The smallest absolute Gasteiger partial charge is 0.309 e. The Bertz CT molecular complexity index is 626. The molecule has 0 unspecified atom stereocenters. The van der Waals surface area contributed by atoms with Gasteiger partial charge in [0.05, 0.1) is 7.11 Å². The third kappa shape index (κ3) is 4.89. The number of amides is 2. The van der Waals surface area contributed by atoms with Crippen LogP contribution in [0.25, 0.3) is 0 Å². The number of nitrogens with one attached hydrogen (secondary N) is 2. The van der Waals surface area contributed by atoms with Gasteiger partial charge in [0.2, 0.25) is 0 Å². The highest BCUT2D eigenvalue weighted by molar-refractivity contribution is 7.09. The van der Waals surface area contributed by atoms with Crippen molar-refractivity contribution in [3.05, 3.63) is 52.2 Å². The van der Waals surface area contributed by atoms with Gasteiger partial charge < -0.3 is 15.4 Å². The van der Waals surface area contributed by atoms with E-state index in [0.29, 0.717) is 12.3 Å². The van der Waals surface area contributed by atoms with Gasteiger partial charge in [-0.1, -0.05) is 18.2 Å². The minimum atomic E-state index is -0.631. The summed E-state index contributed by atoms with van der Waals surface area (Å²) >= 11 is 1.63. The topological polar surface area (TPSA) is 67.4 Å². The summed E-state index contributed by atoms with van der Waals surface area (Å²) in [5, 5.41) is 7.18. The Balaban J connectivity index is 1.72. The van der Waals surface area contributed by atoms with Crippen molar-refractivity contribution in [1.29, 1.82) is 0 Å². The normalized spacial score (nSPS) is 10.0. The van der Waals surface area contributed by atoms with Crippen molar-refractivity contribution in [2.24, 2.45) is 0 Å². The molecule has 0 saturated heterocycles. The summed E-state index contributed by atoms with van der Waals surface area (Å²) in [5.74, 6) is -0.527. The number of hydrogen-bond donors (Lipinski definition) is 2. The summed E-state index contributed by atoms with van der Waals surface area (Å²) in [4.78, 5) is 24.6. The van der Waals surface area contributed by atoms with E-state index < -0.39 is 11.8 Å². The van der Waals surface area contributed by atoms with E-state index in [1.807, 2.05) is 41.8 Å². The van der Waals surface area contributed by atoms with Crippen LogP contribution in [0.15, 0.2) is 41.8 Å². The first-order valence-corrected chi connectivity index (χ1v) is 7.78. The average Bonchev–Trinajstić information content (AvgIpc) is 3.06. The van der Waals surface area contributed by atoms with Crippen LogP contribution in [-0.4, -0.2) is 25.5 Å². The number of methoxy groups -OCH3 is 1. The number of carbonyl (C=O) groups is 2. The fourth-order valence-electron chi connectivity index (χ4n) is 1.88. The van der Waals surface area contributed by atoms with E-state index in [-0.39, 0.29) is 6.54 Å². The molecule has 1 heterocycles. The summed E-state index contributed by atoms with van der Waals surface area (Å²) in [6, 6.07) is 11.3. The Morgan fingerprint density at radius 2 is 1.95 bits per heavy atom. The van der Waals surface area contributed by atoms with Crippen molar-refractivity contribution >= 4 is 23.2 Å². The first-order chi connectivity index (χ1) is 10.7. The quantitative estimate of drug-likeness (QED) is 0.797. The van der Waals surface area contributed by atoms with Gasteiger partial charge >= 0.3 is 11.8 Å². The van der Waals surface area contributed by atoms with Crippen LogP contribution >= 0.6 is 11.3 Å². The molecule has 0 spiro atoms. The van der Waals surface area contributed by atoms with Gasteiger partial charge in [-0.05, 0) is 35.6 Å². The van der Waals surface area contributed by atoms with E-state index in [2.05, 4.69) is 10.6 Å². The van der Waals surface area contributed by atoms with E-state index in [0.717, 1.165) is 12.0 Å². The standard InChI is InChI=1S/C16H18N2O3S/c1-21-13-5-2-4-12(10-13)11-18-16(20)15(19)17-8-7-14-6-3-9-22-14/h2-6,9-10H,7-8,11H2,1H3,(H,17,19)(H,18,20). The maximum absolute atomic E-state index is 11.7. The summed E-state index contributed by atoms with van der Waals surface area (Å²) in [7, 11) is 1.58. The lowest BCUT2D eigenvalue weighted by Gasteiger charge is -2.07. The van der Waals surface area contributed by atoms with Crippen molar-refractivity contribution in [2.75, 3.05) is 13.7 Å². The van der Waals surface area contributed by atoms with Gasteiger partial charge in [-0.25, -0.2) is 0 Å². The van der Waals surface area contributed by atoms with Crippen LogP contribution in [0.2, 0.25) is 0 Å². The second kappa shape index (κ2) is 8.19. The monoisotopic (exact) mass is 318 g/mol. The van der Waals surface area contributed by atoms with Crippen LogP contribution in [0.3, 0.4) is 0 Å². The molecule has 0 saturated carbocycles. The SMILES string of the molecule is COc1cccc(CNC(=O)C(=O)NCCc2cccs2)c1. The molecule has 1 aromatic heterocycles. The fourth-order valence-corrected chi connectivity index (χ4v) is 2.59. The minimum Gasteiger partial charge on any atom is -0.497 e. The number of hydrogen-bond acceptors (Lipinski definition) is 4. The minimum absolute atomic E-state index is 0.286. The predicted molar refractivity (Wildman–Crippen MR) is 85.9 cm³/mol. The van der Waals surface area contributed by atoms with Gasteiger partial charge in [0.1, 0.15) is 5.75 Å². The first kappa shape index (κ1) is 16.0. The molecule has 0 radical (unpaired) electrons. The number of rotatable bonds is 6. The van der Waals surface area contributed by atoms with Crippen LogP contribution < -0.4 is 15.4 Å². The number of ether oxygens (including phenoxy) is 1. The lowest BCUT2D eigenvalue weighted by Crippen LogP contribution is -2.40. The molecule has 2 amide bonds. The molecule has 116 valence electrons. The number of carbonyl (C=O) groups excluding carboxylic acids is 2. The van der Waals surface area contributed by atoms with Crippen LogP contribution in [-0.2, 0) is 22.6 Å². The van der Waals surface area contributed by atoms with Crippen molar-refractivity contribution in [2.45, 2.75) is 13.0 Å². The molecule has 0 bridgehead atoms. The van der Waals surface area contributed by atoms with Crippen molar-refractivity contribution in [3.63, 3.8) is 0 Å². The second-order valence-electron chi connectivity index (χ2n) is 4.62. The molecule has 0 aliphatic heterocycles. The van der Waals surface area contributed by atoms with Crippen LogP contribution in [0, 0.1) is 0 Å². The Morgan fingerprint density at radius 3 is 2.68 bits per heavy atom. The van der Waals surface area contributed by atoms with Gasteiger partial charge in [-0.3, -0.25) is 9.59 Å². The van der Waals surface area contributed by atoms with Gasteiger partial charge in [-0.2, -0.15) is 0 Å². The van der Waals surface area contributed by atoms with Gasteiger partial charge in [0.25, 0.3) is 0 Å². The molecule has 0 atom stereocenters. The summed E-state index contributed by atoms with van der Waals surface area (Å²) in [5.41, 5.74) is 0.874. The van der Waals surface area contributed by atoms with Crippen LogP contribution in [0.1, 0.15) is 10.4 Å². The summed E-state index contributed by atoms with van der Waals surface area (Å²) in [6.45, 7) is 0.736. The highest BCUT2D eigenvalue weighted by Crippen LogP contribution is 2.12. The van der Waals surface area contributed by atoms with Crippen molar-refractivity contribution in [3.8, 4) is 5.75 Å². The molecule has 2 aromatic rings. The Labute approximate surface area is 133 Å². The summed E-state index contributed by atoms with van der Waals surface area (Å²) in [6.07, 6.45) is 0.729. The molecule has 5 nitrogen and oxygen atoms in total. The lowest BCUT2D eigenvalue weighted by molar-refractivity contribution is -0.139. The highest BCUT2D eigenvalue weighted by Gasteiger charge is 2.12. The average molecular weight is 318 g/mol. The Kier molecular flexibility index (Phi) is 5.97. The maximum atomic E-state index is 11.7. The third-order valence-corrected chi connectivity index (χ3v) is 3.97. The zero-order chi connectivity index (χ0) is 15.8. The Hall–Kier alpha value is -2.34. The number of benzene rings is 1. The van der Waals surface area contributed by atoms with Crippen molar-refractivity contribution < 1.29 is 14.3 Å². The largest absolute Gasteiger partial charge is 0.497 e. The zero-order valence-electron chi connectivity index (χ0n) is 12.3. The second-order valence-corrected chi connectivity index (χ2v) is 5.65. The van der Waals surface area contributed by atoms with Gasteiger partial charge in [0.15, 0.2) is 0 Å². The molecule has 2 rings (SSSR count). The highest BCUT2D eigenvalue weighted by atomic mass is 32.1. The van der Waals surface area contributed by atoms with Crippen LogP contribution in [0.5, 0.6) is 5.75 Å². The molecule has 0 fully saturated rings. The van der Waals surface area contributed by atoms with Gasteiger partial charge in [0, 0.05) is 18.0 Å². The zero-order valence-corrected chi connectivity index (χ0v) is 13.1. The summed E-state index contributed by atoms with van der Waals surface area (Å²) < 4.78 is 5.11. The maximum Gasteiger partial charge on any atom is 0.309 e. The van der Waals surface area contributed by atoms with Gasteiger partial charge in [-0.15, -0.1) is 11.3 Å². The predicted octanol–water partition coefficient (Wildman–Crippen LogP) is 1.73. The molecule has 2 N–H and O–H groups in total. The third-order valence-electron chi connectivity index (χ3n) is 3.03. The Morgan fingerprint density at radius 1 is 1.14 bits per heavy atom. The number of thiophene rings is 1. The first-order valence-electron chi connectivity index (χ1n) is 6.90. The van der Waals surface area contributed by atoms with Crippen LogP contribution in [0.4, 0.5) is 0 Å². The fraction of sp³-hybridized carbons (Fsp3) is 0.250. The lowest BCUT2D eigenvalue weighted by atomic mass is 10.2. The van der Waals surface area contributed by atoms with E-state index >= 15 is 0 Å². The van der Waals surface area contributed by atoms with E-state index in [9.17, 15) is 9.59 Å². The van der Waals surface area contributed by atoms with Crippen molar-refractivity contribution in [1.82, 2.24) is 10.6 Å². The van der Waals surface area contributed by atoms with E-state index in [1.165, 1.54) is 4.88 Å². The van der Waals surface area contributed by atoms with E-state index in [4.69, 9.17) is 4.74 Å². The molecule has 6 heteroatoms. The van der Waals surface area contributed by atoms with E-state index in [1.54, 1.807) is 18.4 Å². The molecule has 0 aliphatic carbocycles.